The van der Waals surface area contributed by atoms with Gasteiger partial charge in [-0.3, -0.25) is 4.57 Å². The first-order valence-electron chi connectivity index (χ1n) is 20.8. The van der Waals surface area contributed by atoms with Gasteiger partial charge in [0.05, 0.1) is 33.3 Å². The van der Waals surface area contributed by atoms with E-state index in [4.69, 9.17) is 9.97 Å². The highest BCUT2D eigenvalue weighted by atomic mass is 15.2. The summed E-state index contributed by atoms with van der Waals surface area (Å²) < 4.78 is 4.83. The van der Waals surface area contributed by atoms with Crippen molar-refractivity contribution >= 4 is 65.3 Å². The molecule has 4 nitrogen and oxygen atoms in total. The Bertz CT molecular complexity index is 3690. The number of rotatable bonds is 4. The zero-order chi connectivity index (χ0) is 39.3. The van der Waals surface area contributed by atoms with Crippen molar-refractivity contribution in [3.05, 3.63) is 216 Å². The molecule has 12 aromatic rings. The number of benzene rings is 9. The Kier molecular flexibility index (Phi) is 7.10. The van der Waals surface area contributed by atoms with Crippen molar-refractivity contribution in [2.45, 2.75) is 12.8 Å². The van der Waals surface area contributed by atoms with Gasteiger partial charge in [0.2, 0.25) is 5.95 Å². The normalized spacial score (nSPS) is 12.5. The molecule has 0 radical (unpaired) electrons. The zero-order valence-electron chi connectivity index (χ0n) is 32.7. The average molecular weight is 765 g/mol. The molecule has 0 atom stereocenters. The van der Waals surface area contributed by atoms with Gasteiger partial charge in [-0.05, 0) is 99.5 Å². The monoisotopic (exact) mass is 764 g/mol. The first kappa shape index (κ1) is 33.2. The van der Waals surface area contributed by atoms with Crippen LogP contribution in [0.2, 0.25) is 0 Å². The van der Waals surface area contributed by atoms with Gasteiger partial charge in [-0.1, -0.05) is 152 Å². The van der Waals surface area contributed by atoms with Crippen molar-refractivity contribution in [1.29, 1.82) is 0 Å². The number of hydrogen-bond acceptors (Lipinski definition) is 2. The second-order valence-corrected chi connectivity index (χ2v) is 16.1. The van der Waals surface area contributed by atoms with Crippen molar-refractivity contribution in [2.75, 3.05) is 0 Å². The van der Waals surface area contributed by atoms with Gasteiger partial charge in [-0.25, -0.2) is 9.97 Å². The summed E-state index contributed by atoms with van der Waals surface area (Å²) in [5.74, 6) is 0.652. The molecule has 0 amide bonds. The van der Waals surface area contributed by atoms with Crippen LogP contribution in [0, 0.1) is 0 Å². The third-order valence-corrected chi connectivity index (χ3v) is 12.8. The topological polar surface area (TPSA) is 35.6 Å². The third-order valence-electron chi connectivity index (χ3n) is 12.8. The predicted molar refractivity (Wildman–Crippen MR) is 249 cm³/mol. The summed E-state index contributed by atoms with van der Waals surface area (Å²) in [6, 6.07) is 70.3. The average Bonchev–Trinajstić information content (AvgIpc) is 3.85. The lowest BCUT2D eigenvalue weighted by atomic mass is 9.83. The van der Waals surface area contributed by atoms with Crippen LogP contribution >= 0.6 is 0 Å². The van der Waals surface area contributed by atoms with E-state index in [-0.39, 0.29) is 0 Å². The van der Waals surface area contributed by atoms with Gasteiger partial charge in [0.1, 0.15) is 0 Å². The van der Waals surface area contributed by atoms with Crippen LogP contribution in [0.3, 0.4) is 0 Å². The van der Waals surface area contributed by atoms with Crippen molar-refractivity contribution < 1.29 is 0 Å². The minimum atomic E-state index is 0.652. The molecule has 13 rings (SSSR count). The van der Waals surface area contributed by atoms with E-state index in [1.165, 1.54) is 71.2 Å². The van der Waals surface area contributed by atoms with E-state index in [0.717, 1.165) is 57.2 Å². The van der Waals surface area contributed by atoms with Gasteiger partial charge in [0, 0.05) is 38.2 Å². The Balaban J connectivity index is 1.19. The molecule has 0 N–H and O–H groups in total. The molecule has 60 heavy (non-hydrogen) atoms. The SMILES string of the molecule is c1ccc(-c2ccc(-c3nc(-n4c5ccccc5c5c6cc7c(cc6c6c8ccccc8n(-c8ccccc8)c6c54)Cc4ccccc4C7)nc4ccccc34)cc2)cc1. The van der Waals surface area contributed by atoms with Crippen LogP contribution in [-0.2, 0) is 12.8 Å². The van der Waals surface area contributed by atoms with Crippen LogP contribution in [-0.4, -0.2) is 19.1 Å². The van der Waals surface area contributed by atoms with E-state index < -0.39 is 0 Å². The fourth-order valence-corrected chi connectivity index (χ4v) is 10.1. The fourth-order valence-electron chi connectivity index (χ4n) is 10.1. The molecule has 1 aliphatic carbocycles. The molecule has 4 heteroatoms. The maximum Gasteiger partial charge on any atom is 0.235 e. The standard InChI is InChI=1S/C56H36N4/c1-3-15-35(16-4-1)36-27-29-37(30-28-36)53-43-21-9-12-24-48(43)57-56(58-53)60-50-26-14-11-23-45(50)52-47-34-41-32-39-18-8-7-17-38(39)31-40(41)33-46(47)51-44-22-10-13-25-49(44)59(54(51)55(52)60)42-19-5-2-6-20-42/h1-30,33-34H,31-32H2. The maximum atomic E-state index is 5.60. The molecule has 3 aromatic heterocycles. The Hall–Kier alpha value is -7.82. The van der Waals surface area contributed by atoms with E-state index in [0.29, 0.717) is 5.95 Å². The Labute approximate surface area is 346 Å². The highest BCUT2D eigenvalue weighted by Gasteiger charge is 2.27. The molecule has 0 unspecified atom stereocenters. The van der Waals surface area contributed by atoms with Crippen molar-refractivity contribution in [1.82, 2.24) is 19.1 Å². The van der Waals surface area contributed by atoms with Crippen LogP contribution in [0.5, 0.6) is 0 Å². The second kappa shape index (κ2) is 12.8. The van der Waals surface area contributed by atoms with Crippen molar-refractivity contribution in [3.8, 4) is 34.0 Å². The van der Waals surface area contributed by atoms with Crippen LogP contribution in [0.4, 0.5) is 0 Å². The van der Waals surface area contributed by atoms with Crippen LogP contribution in [0.15, 0.2) is 194 Å². The van der Waals surface area contributed by atoms with Crippen LogP contribution in [0.25, 0.3) is 99.3 Å². The quantitative estimate of drug-likeness (QED) is 0.179. The van der Waals surface area contributed by atoms with E-state index in [1.54, 1.807) is 0 Å². The van der Waals surface area contributed by atoms with E-state index in [1.807, 2.05) is 0 Å². The lowest BCUT2D eigenvalue weighted by molar-refractivity contribution is 1.01. The molecule has 0 saturated carbocycles. The molecule has 0 spiro atoms. The first-order valence-corrected chi connectivity index (χ1v) is 20.8. The summed E-state index contributed by atoms with van der Waals surface area (Å²) in [6.07, 6.45) is 1.85. The molecule has 0 saturated heterocycles. The van der Waals surface area contributed by atoms with E-state index >= 15 is 0 Å². The molecule has 1 aliphatic rings. The first-order chi connectivity index (χ1) is 29.8. The smallest absolute Gasteiger partial charge is 0.235 e. The summed E-state index contributed by atoms with van der Waals surface area (Å²) in [6.45, 7) is 0. The van der Waals surface area contributed by atoms with E-state index in [9.17, 15) is 0 Å². The lowest BCUT2D eigenvalue weighted by Gasteiger charge is -2.21. The van der Waals surface area contributed by atoms with Gasteiger partial charge in [-0.15, -0.1) is 0 Å². The van der Waals surface area contributed by atoms with Crippen molar-refractivity contribution in [3.63, 3.8) is 0 Å². The second-order valence-electron chi connectivity index (χ2n) is 16.1. The molecular weight excluding hydrogens is 729 g/mol. The minimum Gasteiger partial charge on any atom is -0.307 e. The number of para-hydroxylation sites is 4. The number of aromatic nitrogens is 4. The zero-order valence-corrected chi connectivity index (χ0v) is 32.7. The molecule has 9 aromatic carbocycles. The Morgan fingerprint density at radius 3 is 1.48 bits per heavy atom. The molecule has 0 bridgehead atoms. The van der Waals surface area contributed by atoms with Gasteiger partial charge >= 0.3 is 0 Å². The summed E-state index contributed by atoms with van der Waals surface area (Å²) in [5.41, 5.74) is 16.5. The minimum absolute atomic E-state index is 0.652. The fraction of sp³-hybridized carbons (Fsp3) is 0.0357. The molecule has 280 valence electrons. The number of hydrogen-bond donors (Lipinski definition) is 0. The highest BCUT2D eigenvalue weighted by Crippen LogP contribution is 2.48. The summed E-state index contributed by atoms with van der Waals surface area (Å²) in [4.78, 5) is 11.0. The Morgan fingerprint density at radius 2 is 0.833 bits per heavy atom. The summed E-state index contributed by atoms with van der Waals surface area (Å²) in [7, 11) is 0. The molecule has 0 aliphatic heterocycles. The van der Waals surface area contributed by atoms with Gasteiger partial charge in [-0.2, -0.15) is 0 Å². The number of nitrogens with zero attached hydrogens (tertiary/aromatic N) is 4. The highest BCUT2D eigenvalue weighted by molar-refractivity contribution is 6.36. The van der Waals surface area contributed by atoms with E-state index in [2.05, 4.69) is 203 Å². The summed E-state index contributed by atoms with van der Waals surface area (Å²) >= 11 is 0. The summed E-state index contributed by atoms with van der Waals surface area (Å²) in [5, 5.41) is 8.46. The third kappa shape index (κ3) is 4.85. The van der Waals surface area contributed by atoms with Crippen molar-refractivity contribution in [2.24, 2.45) is 0 Å². The van der Waals surface area contributed by atoms with Crippen LogP contribution in [0.1, 0.15) is 22.3 Å². The largest absolute Gasteiger partial charge is 0.307 e. The van der Waals surface area contributed by atoms with Gasteiger partial charge in [0.25, 0.3) is 0 Å². The Morgan fingerprint density at radius 1 is 0.350 bits per heavy atom. The van der Waals surface area contributed by atoms with Crippen LogP contribution < -0.4 is 0 Å². The number of fused-ring (bicyclic) bond motifs is 13. The molecular formula is C56H36N4. The van der Waals surface area contributed by atoms with Gasteiger partial charge < -0.3 is 4.57 Å². The predicted octanol–water partition coefficient (Wildman–Crippen LogP) is 13.8. The molecule has 0 fully saturated rings. The lowest BCUT2D eigenvalue weighted by Crippen LogP contribution is -2.07. The van der Waals surface area contributed by atoms with Gasteiger partial charge in [0.15, 0.2) is 0 Å². The molecule has 3 heterocycles. The maximum absolute atomic E-state index is 5.60.